The summed E-state index contributed by atoms with van der Waals surface area (Å²) in [6.45, 7) is 8.34. The number of rotatable bonds is 5. The highest BCUT2D eigenvalue weighted by Crippen LogP contribution is 2.74. The van der Waals surface area contributed by atoms with Crippen LogP contribution in [-0.4, -0.2) is 18.3 Å². The molecule has 0 bridgehead atoms. The highest BCUT2D eigenvalue weighted by atomic mass is 32.3. The van der Waals surface area contributed by atoms with Crippen LogP contribution in [0.1, 0.15) is 27.7 Å². The minimum Gasteiger partial charge on any atom is -0.455 e. The topological polar surface area (TPSA) is 31.6 Å². The minimum absolute atomic E-state index is 0.440. The van der Waals surface area contributed by atoms with E-state index in [9.17, 15) is 0 Å². The van der Waals surface area contributed by atoms with E-state index in [-0.39, 0.29) is 0 Å². The Morgan fingerprint density at radius 1 is 0.488 bits per heavy atom. The molecular weight excluding hydrogens is 523 g/mol. The summed E-state index contributed by atoms with van der Waals surface area (Å²) >= 11 is 0. The highest BCUT2D eigenvalue weighted by Gasteiger charge is 2.52. The second-order valence-corrected chi connectivity index (χ2v) is 14.7. The van der Waals surface area contributed by atoms with Gasteiger partial charge in [-0.2, -0.15) is 0 Å². The molecule has 0 N–H and O–H groups in total. The molecule has 1 aliphatic heterocycles. The predicted molar refractivity (Wildman–Crippen MR) is 169 cm³/mol. The van der Waals surface area contributed by atoms with Crippen molar-refractivity contribution in [2.45, 2.75) is 58.5 Å². The molecule has 0 unspecified atom stereocenters. The molecule has 0 atom stereocenters. The molecule has 1 aliphatic rings. The highest BCUT2D eigenvalue weighted by molar-refractivity contribution is 8.34. The maximum atomic E-state index is 6.99. The molecule has 204 valence electrons. The summed E-state index contributed by atoms with van der Waals surface area (Å²) in [5, 5.41) is 2.16. The van der Waals surface area contributed by atoms with Gasteiger partial charge in [-0.25, -0.2) is 0 Å². The standard InChI is InChI=1S/C36H33BO3S/c1-35(2)36(3,4)40-37(39-35)31-24-14-22-29-30-23-15-25-32(34(30)38-33(29)31)41(26-16-8-5-9-17-26,27-18-10-6-11-19-27)28-20-12-7-13-21-28/h5-25H,1-4H3. The van der Waals surface area contributed by atoms with Crippen molar-refractivity contribution < 1.29 is 13.7 Å². The number of para-hydroxylation sites is 2. The molecule has 0 spiro atoms. The van der Waals surface area contributed by atoms with Crippen molar-refractivity contribution >= 4 is 44.5 Å². The third-order valence-electron chi connectivity index (χ3n) is 8.65. The van der Waals surface area contributed by atoms with Crippen LogP contribution < -0.4 is 5.46 Å². The number of benzene rings is 5. The van der Waals surface area contributed by atoms with E-state index in [1.165, 1.54) is 19.6 Å². The number of fused-ring (bicyclic) bond motifs is 3. The zero-order chi connectivity index (χ0) is 28.2. The van der Waals surface area contributed by atoms with E-state index in [0.717, 1.165) is 27.4 Å². The number of hydrogen-bond acceptors (Lipinski definition) is 3. The molecule has 1 fully saturated rings. The number of hydrogen-bond donors (Lipinski definition) is 0. The predicted octanol–water partition coefficient (Wildman–Crippen LogP) is 9.23. The van der Waals surface area contributed by atoms with E-state index in [4.69, 9.17) is 13.7 Å². The van der Waals surface area contributed by atoms with Crippen molar-refractivity contribution in [2.24, 2.45) is 0 Å². The van der Waals surface area contributed by atoms with Crippen LogP contribution in [-0.2, 0) is 9.31 Å². The van der Waals surface area contributed by atoms with Gasteiger partial charge in [-0.1, -0.05) is 84.9 Å². The minimum atomic E-state index is -1.91. The van der Waals surface area contributed by atoms with Crippen LogP contribution in [0.25, 0.3) is 21.9 Å². The second-order valence-electron chi connectivity index (χ2n) is 11.6. The van der Waals surface area contributed by atoms with E-state index in [1.54, 1.807) is 0 Å². The smallest absolute Gasteiger partial charge is 0.455 e. The first-order valence-electron chi connectivity index (χ1n) is 14.1. The summed E-state index contributed by atoms with van der Waals surface area (Å²) < 4.78 is 20.0. The lowest BCUT2D eigenvalue weighted by molar-refractivity contribution is 0.00578. The fourth-order valence-corrected chi connectivity index (χ4v) is 9.86. The Balaban J connectivity index is 1.56. The van der Waals surface area contributed by atoms with Crippen molar-refractivity contribution in [3.8, 4) is 0 Å². The Kier molecular flexibility index (Phi) is 6.16. The van der Waals surface area contributed by atoms with Gasteiger partial charge >= 0.3 is 7.12 Å². The van der Waals surface area contributed by atoms with Gasteiger partial charge in [-0.15, -0.1) is 10.0 Å². The fraction of sp³-hybridized carbons (Fsp3) is 0.167. The van der Waals surface area contributed by atoms with Crippen LogP contribution in [0.5, 0.6) is 0 Å². The van der Waals surface area contributed by atoms with Gasteiger partial charge in [-0.3, -0.25) is 0 Å². The first-order valence-corrected chi connectivity index (χ1v) is 15.7. The third kappa shape index (κ3) is 3.98. The van der Waals surface area contributed by atoms with Crippen molar-refractivity contribution in [3.63, 3.8) is 0 Å². The van der Waals surface area contributed by atoms with Gasteiger partial charge in [-0.05, 0) is 70.2 Å². The van der Waals surface area contributed by atoms with Gasteiger partial charge in [0.2, 0.25) is 0 Å². The molecule has 7 rings (SSSR count). The number of furan rings is 1. The molecule has 0 amide bonds. The van der Waals surface area contributed by atoms with Crippen LogP contribution in [0.2, 0.25) is 0 Å². The maximum Gasteiger partial charge on any atom is 0.498 e. The van der Waals surface area contributed by atoms with Gasteiger partial charge in [0.05, 0.1) is 11.2 Å². The van der Waals surface area contributed by atoms with E-state index in [0.29, 0.717) is 0 Å². The van der Waals surface area contributed by atoms with Gasteiger partial charge in [0.1, 0.15) is 11.2 Å². The molecule has 0 saturated carbocycles. The van der Waals surface area contributed by atoms with Crippen molar-refractivity contribution in [1.82, 2.24) is 0 Å². The molecule has 1 saturated heterocycles. The summed E-state index contributed by atoms with van der Waals surface area (Å²) in [6.07, 6.45) is 0. The van der Waals surface area contributed by atoms with Crippen molar-refractivity contribution in [3.05, 3.63) is 127 Å². The Morgan fingerprint density at radius 2 is 0.927 bits per heavy atom. The van der Waals surface area contributed by atoms with Gasteiger partial charge in [0, 0.05) is 35.8 Å². The Hall–Kier alpha value is -3.77. The first-order chi connectivity index (χ1) is 19.8. The Bertz CT molecular complexity index is 1730. The molecule has 5 heteroatoms. The molecule has 0 radical (unpaired) electrons. The van der Waals surface area contributed by atoms with E-state index >= 15 is 0 Å². The summed E-state index contributed by atoms with van der Waals surface area (Å²) in [7, 11) is -2.42. The van der Waals surface area contributed by atoms with E-state index < -0.39 is 28.3 Å². The summed E-state index contributed by atoms with van der Waals surface area (Å²) in [6, 6.07) is 45.5. The molecule has 5 aromatic carbocycles. The van der Waals surface area contributed by atoms with Crippen LogP contribution in [0.15, 0.2) is 151 Å². The third-order valence-corrected chi connectivity index (χ3v) is 12.6. The van der Waals surface area contributed by atoms with Crippen LogP contribution in [0.3, 0.4) is 0 Å². The van der Waals surface area contributed by atoms with Crippen molar-refractivity contribution in [1.29, 1.82) is 0 Å². The molecule has 2 heterocycles. The normalized spacial score (nSPS) is 16.8. The molecule has 1 aromatic heterocycles. The van der Waals surface area contributed by atoms with Crippen LogP contribution in [0, 0.1) is 0 Å². The van der Waals surface area contributed by atoms with Gasteiger partial charge in [0.25, 0.3) is 0 Å². The lowest BCUT2D eigenvalue weighted by Gasteiger charge is -2.41. The zero-order valence-electron chi connectivity index (χ0n) is 23.8. The Morgan fingerprint density at radius 3 is 1.41 bits per heavy atom. The van der Waals surface area contributed by atoms with Crippen LogP contribution in [0.4, 0.5) is 0 Å². The SMILES string of the molecule is CC1(C)OB(c2cccc3c2oc2c(S(c4ccccc4)(c4ccccc4)c4ccccc4)cccc23)OC1(C)C. The molecular formula is C36H33BO3S. The fourth-order valence-electron chi connectivity index (χ4n) is 5.88. The Labute approximate surface area is 243 Å². The van der Waals surface area contributed by atoms with Gasteiger partial charge in [0.15, 0.2) is 0 Å². The molecule has 3 nitrogen and oxygen atoms in total. The first kappa shape index (κ1) is 26.2. The quantitative estimate of drug-likeness (QED) is 0.198. The largest absolute Gasteiger partial charge is 0.498 e. The van der Waals surface area contributed by atoms with Crippen LogP contribution >= 0.6 is 10.0 Å². The monoisotopic (exact) mass is 556 g/mol. The maximum absolute atomic E-state index is 6.99. The summed E-state index contributed by atoms with van der Waals surface area (Å²) in [5.74, 6) is 0. The summed E-state index contributed by atoms with van der Waals surface area (Å²) in [5.41, 5.74) is 1.76. The molecule has 6 aromatic rings. The molecule has 0 aliphatic carbocycles. The average molecular weight is 557 g/mol. The van der Waals surface area contributed by atoms with E-state index in [1.807, 2.05) is 0 Å². The lowest BCUT2D eigenvalue weighted by atomic mass is 9.78. The van der Waals surface area contributed by atoms with Gasteiger partial charge < -0.3 is 13.7 Å². The molecule has 41 heavy (non-hydrogen) atoms. The lowest BCUT2D eigenvalue weighted by Crippen LogP contribution is -2.41. The second kappa shape index (κ2) is 9.66. The van der Waals surface area contributed by atoms with Crippen molar-refractivity contribution in [2.75, 3.05) is 0 Å². The zero-order valence-corrected chi connectivity index (χ0v) is 24.7. The average Bonchev–Trinajstić information content (AvgIpc) is 3.48. The van der Waals surface area contributed by atoms with E-state index in [2.05, 4.69) is 155 Å². The summed E-state index contributed by atoms with van der Waals surface area (Å²) in [4.78, 5) is 4.96.